The summed E-state index contributed by atoms with van der Waals surface area (Å²) in [5.41, 5.74) is 0.0541. The summed E-state index contributed by atoms with van der Waals surface area (Å²) >= 11 is 5.92. The van der Waals surface area contributed by atoms with Crippen molar-refractivity contribution in [2.45, 2.75) is 26.9 Å². The molecule has 1 heterocycles. The summed E-state index contributed by atoms with van der Waals surface area (Å²) < 4.78 is 10.3. The first-order valence-electron chi connectivity index (χ1n) is 7.22. The number of anilines is 1. The Balaban J connectivity index is 2.08. The maximum absolute atomic E-state index is 12.2. The van der Waals surface area contributed by atoms with Crippen molar-refractivity contribution >= 4 is 34.9 Å². The normalized spacial score (nSPS) is 11.7. The van der Waals surface area contributed by atoms with E-state index in [2.05, 4.69) is 5.32 Å². The van der Waals surface area contributed by atoms with Crippen molar-refractivity contribution in [2.24, 2.45) is 0 Å². The van der Waals surface area contributed by atoms with Gasteiger partial charge in [-0.2, -0.15) is 0 Å². The number of aryl methyl sites for hydroxylation is 2. The Morgan fingerprint density at radius 1 is 1.32 bits per heavy atom. The molecule has 0 aliphatic heterocycles. The number of carbonyl (C=O) groups excluding carboxylic acids is 2. The van der Waals surface area contributed by atoms with E-state index in [9.17, 15) is 19.7 Å². The fourth-order valence-electron chi connectivity index (χ4n) is 2.07. The molecule has 8 nitrogen and oxygen atoms in total. The van der Waals surface area contributed by atoms with E-state index in [0.717, 1.165) is 6.07 Å². The molecule has 1 amide bonds. The Morgan fingerprint density at radius 3 is 2.56 bits per heavy atom. The highest BCUT2D eigenvalue weighted by Crippen LogP contribution is 2.27. The molecule has 0 spiro atoms. The standard InChI is InChI=1S/C16H15ClN2O6/c1-8-6-12(9(2)24-8)16(21)25-10(3)15(20)18-14-7-11(19(22)23)4-5-13(14)17/h4-7,10H,1-3H3,(H,18,20)/t10-/m0/s1. The monoisotopic (exact) mass is 366 g/mol. The molecule has 132 valence electrons. The van der Waals surface area contributed by atoms with E-state index >= 15 is 0 Å². The number of hydrogen-bond donors (Lipinski definition) is 1. The fourth-order valence-corrected chi connectivity index (χ4v) is 2.23. The lowest BCUT2D eigenvalue weighted by atomic mass is 10.2. The number of ether oxygens (including phenoxy) is 1. The third-order valence-corrected chi connectivity index (χ3v) is 3.66. The van der Waals surface area contributed by atoms with Gasteiger partial charge in [0.15, 0.2) is 6.10 Å². The molecular weight excluding hydrogens is 352 g/mol. The number of nitrogens with zero attached hydrogens (tertiary/aromatic N) is 1. The van der Waals surface area contributed by atoms with Crippen LogP contribution in [-0.4, -0.2) is 22.9 Å². The first-order valence-corrected chi connectivity index (χ1v) is 7.59. The van der Waals surface area contributed by atoms with Crippen LogP contribution in [0.5, 0.6) is 0 Å². The van der Waals surface area contributed by atoms with Crippen LogP contribution in [0.1, 0.15) is 28.8 Å². The first kappa shape index (κ1) is 18.5. The largest absolute Gasteiger partial charge is 0.466 e. The highest BCUT2D eigenvalue weighted by atomic mass is 35.5. The van der Waals surface area contributed by atoms with Gasteiger partial charge in [0, 0.05) is 12.1 Å². The number of hydrogen-bond acceptors (Lipinski definition) is 6. The number of nitro benzene ring substituents is 1. The number of halogens is 1. The van der Waals surface area contributed by atoms with Gasteiger partial charge >= 0.3 is 5.97 Å². The first-order chi connectivity index (χ1) is 11.7. The van der Waals surface area contributed by atoms with E-state index in [0.29, 0.717) is 11.5 Å². The van der Waals surface area contributed by atoms with Gasteiger partial charge in [-0.15, -0.1) is 0 Å². The summed E-state index contributed by atoms with van der Waals surface area (Å²) in [7, 11) is 0. The van der Waals surface area contributed by atoms with E-state index in [4.69, 9.17) is 20.8 Å². The second-order valence-corrected chi connectivity index (χ2v) is 5.69. The van der Waals surface area contributed by atoms with Crippen molar-refractivity contribution in [1.82, 2.24) is 0 Å². The molecule has 9 heteroatoms. The van der Waals surface area contributed by atoms with Gasteiger partial charge in [-0.05, 0) is 32.9 Å². The molecule has 25 heavy (non-hydrogen) atoms. The van der Waals surface area contributed by atoms with Gasteiger partial charge in [-0.25, -0.2) is 4.79 Å². The summed E-state index contributed by atoms with van der Waals surface area (Å²) in [6, 6.07) is 5.15. The van der Waals surface area contributed by atoms with Gasteiger partial charge in [0.1, 0.15) is 17.1 Å². The average Bonchev–Trinajstić information content (AvgIpc) is 2.87. The topological polar surface area (TPSA) is 112 Å². The molecule has 2 rings (SSSR count). The lowest BCUT2D eigenvalue weighted by Crippen LogP contribution is -2.30. The highest BCUT2D eigenvalue weighted by Gasteiger charge is 2.23. The van der Waals surface area contributed by atoms with Gasteiger partial charge in [0.25, 0.3) is 11.6 Å². The Morgan fingerprint density at radius 2 is 2.00 bits per heavy atom. The molecule has 0 radical (unpaired) electrons. The maximum atomic E-state index is 12.2. The minimum atomic E-state index is -1.14. The summed E-state index contributed by atoms with van der Waals surface area (Å²) in [4.78, 5) is 34.4. The Hall–Kier alpha value is -2.87. The number of benzene rings is 1. The number of non-ortho nitro benzene ring substituents is 1. The van der Waals surface area contributed by atoms with E-state index in [1.807, 2.05) is 0 Å². The van der Waals surface area contributed by atoms with Crippen LogP contribution in [-0.2, 0) is 9.53 Å². The van der Waals surface area contributed by atoms with E-state index in [1.54, 1.807) is 13.8 Å². The lowest BCUT2D eigenvalue weighted by molar-refractivity contribution is -0.384. The zero-order valence-electron chi connectivity index (χ0n) is 13.7. The molecule has 0 aliphatic rings. The number of rotatable bonds is 5. The molecule has 1 atom stereocenters. The third kappa shape index (κ3) is 4.36. The molecule has 0 unspecified atom stereocenters. The van der Waals surface area contributed by atoms with Gasteiger partial charge in [0.05, 0.1) is 15.6 Å². The van der Waals surface area contributed by atoms with Crippen LogP contribution < -0.4 is 5.32 Å². The van der Waals surface area contributed by atoms with Crippen LogP contribution in [0.2, 0.25) is 5.02 Å². The van der Waals surface area contributed by atoms with Crippen molar-refractivity contribution in [3.8, 4) is 0 Å². The van der Waals surface area contributed by atoms with Gasteiger partial charge in [-0.1, -0.05) is 11.6 Å². The Bertz CT molecular complexity index is 845. The van der Waals surface area contributed by atoms with Crippen LogP contribution in [0.25, 0.3) is 0 Å². The number of nitro groups is 1. The van der Waals surface area contributed by atoms with Gasteiger partial charge < -0.3 is 14.5 Å². The summed E-state index contributed by atoms with van der Waals surface area (Å²) in [6.07, 6.45) is -1.14. The molecule has 2 aromatic rings. The van der Waals surface area contributed by atoms with Gasteiger partial charge in [0.2, 0.25) is 0 Å². The minimum absolute atomic E-state index is 0.0547. The van der Waals surface area contributed by atoms with Crippen LogP contribution >= 0.6 is 11.6 Å². The van der Waals surface area contributed by atoms with Crippen molar-refractivity contribution in [1.29, 1.82) is 0 Å². The van der Waals surface area contributed by atoms with Gasteiger partial charge in [-0.3, -0.25) is 14.9 Å². The molecule has 0 bridgehead atoms. The van der Waals surface area contributed by atoms with Crippen molar-refractivity contribution in [2.75, 3.05) is 5.32 Å². The van der Waals surface area contributed by atoms with E-state index in [1.165, 1.54) is 25.1 Å². The quantitative estimate of drug-likeness (QED) is 0.491. The molecule has 1 aromatic heterocycles. The SMILES string of the molecule is Cc1cc(C(=O)O[C@@H](C)C(=O)Nc2cc([N+](=O)[O-])ccc2Cl)c(C)o1. The molecule has 1 N–H and O–H groups in total. The maximum Gasteiger partial charge on any atom is 0.342 e. The van der Waals surface area contributed by atoms with Crippen LogP contribution in [0.4, 0.5) is 11.4 Å². The van der Waals surface area contributed by atoms with Crippen molar-refractivity contribution in [3.05, 3.63) is 56.5 Å². The minimum Gasteiger partial charge on any atom is -0.466 e. The molecule has 0 saturated carbocycles. The lowest BCUT2D eigenvalue weighted by Gasteiger charge is -2.14. The van der Waals surface area contributed by atoms with Crippen molar-refractivity contribution < 1.29 is 23.7 Å². The second kappa shape index (κ2) is 7.35. The number of nitrogens with one attached hydrogen (secondary N) is 1. The predicted molar refractivity (Wildman–Crippen MR) is 89.8 cm³/mol. The van der Waals surface area contributed by atoms with Crippen molar-refractivity contribution in [3.63, 3.8) is 0 Å². The number of furan rings is 1. The predicted octanol–water partition coefficient (Wildman–Crippen LogP) is 3.64. The zero-order valence-corrected chi connectivity index (χ0v) is 14.4. The molecule has 0 aliphatic carbocycles. The molecular formula is C16H15ClN2O6. The zero-order chi connectivity index (χ0) is 18.7. The number of amides is 1. The highest BCUT2D eigenvalue weighted by molar-refractivity contribution is 6.33. The Labute approximate surface area is 147 Å². The summed E-state index contributed by atoms with van der Waals surface area (Å²) in [6.45, 7) is 4.67. The molecule has 1 aromatic carbocycles. The number of esters is 1. The number of carbonyl (C=O) groups is 2. The summed E-state index contributed by atoms with van der Waals surface area (Å²) in [5.74, 6) is -0.447. The van der Waals surface area contributed by atoms with E-state index in [-0.39, 0.29) is 22.0 Å². The smallest absolute Gasteiger partial charge is 0.342 e. The van der Waals surface area contributed by atoms with E-state index < -0.39 is 22.9 Å². The second-order valence-electron chi connectivity index (χ2n) is 5.28. The molecule has 0 saturated heterocycles. The Kier molecular flexibility index (Phi) is 5.43. The van der Waals surface area contributed by atoms with Crippen LogP contribution in [0.15, 0.2) is 28.7 Å². The average molecular weight is 367 g/mol. The third-order valence-electron chi connectivity index (χ3n) is 3.33. The summed E-state index contributed by atoms with van der Waals surface area (Å²) in [5, 5.41) is 13.3. The molecule has 0 fully saturated rings. The van der Waals surface area contributed by atoms with Crippen LogP contribution in [0.3, 0.4) is 0 Å². The fraction of sp³-hybridized carbons (Fsp3) is 0.250. The van der Waals surface area contributed by atoms with Crippen LogP contribution in [0, 0.1) is 24.0 Å².